The number of benzene rings is 11. The van der Waals surface area contributed by atoms with Crippen molar-refractivity contribution in [2.24, 2.45) is 0 Å². The topological polar surface area (TPSA) is 0 Å². The van der Waals surface area contributed by atoms with E-state index >= 15 is 0 Å². The molecular formula is C57H36. The summed E-state index contributed by atoms with van der Waals surface area (Å²) in [5.74, 6) is 0. The van der Waals surface area contributed by atoms with E-state index in [1.165, 1.54) is 109 Å². The number of rotatable bonds is 5. The third kappa shape index (κ3) is 4.62. The maximum atomic E-state index is 2.54. The monoisotopic (exact) mass is 720 g/mol. The third-order valence-corrected chi connectivity index (χ3v) is 12.6. The van der Waals surface area contributed by atoms with Crippen molar-refractivity contribution in [2.45, 2.75) is 5.41 Å². The molecule has 0 heteroatoms. The van der Waals surface area contributed by atoms with Gasteiger partial charge >= 0.3 is 0 Å². The van der Waals surface area contributed by atoms with Gasteiger partial charge < -0.3 is 0 Å². The smallest absolute Gasteiger partial charge is 0.0622 e. The molecule has 0 nitrogen and oxygen atoms in total. The molecule has 0 radical (unpaired) electrons. The van der Waals surface area contributed by atoms with E-state index in [4.69, 9.17) is 0 Å². The van der Waals surface area contributed by atoms with Crippen LogP contribution < -0.4 is 0 Å². The molecule has 0 saturated carbocycles. The van der Waals surface area contributed by atoms with Gasteiger partial charge in [0.05, 0.1) is 5.41 Å². The standard InChI is InChI=1S/C57H36/c1-3-20-45(21-4-1)57(46-22-5-2-6-23-46)51-28-14-17-38-30-32-43-35-44(36-52(57)56(43)55(38)51)54-49-26-11-9-24-47(49)53(48-25-10-12-27-50(48)54)42-19-13-18-40(34-42)41-31-29-37-15-7-8-16-39(37)33-41/h1-36H. The lowest BCUT2D eigenvalue weighted by molar-refractivity contribution is 0.772. The Hall–Kier alpha value is -7.28. The molecule has 0 N–H and O–H groups in total. The normalized spacial score (nSPS) is 13.1. The van der Waals surface area contributed by atoms with Crippen molar-refractivity contribution >= 4 is 53.9 Å². The first-order valence-electron chi connectivity index (χ1n) is 19.9. The van der Waals surface area contributed by atoms with E-state index in [2.05, 4.69) is 218 Å². The molecule has 0 aliphatic heterocycles. The zero-order chi connectivity index (χ0) is 37.5. The number of hydrogen-bond donors (Lipinski definition) is 0. The summed E-state index contributed by atoms with van der Waals surface area (Å²) in [6.45, 7) is 0. The lowest BCUT2D eigenvalue weighted by Gasteiger charge is -2.34. The average molecular weight is 721 g/mol. The molecule has 0 fully saturated rings. The second-order valence-electron chi connectivity index (χ2n) is 15.6. The van der Waals surface area contributed by atoms with E-state index in [0.29, 0.717) is 0 Å². The summed E-state index contributed by atoms with van der Waals surface area (Å²) in [6, 6.07) is 81.5. The highest BCUT2D eigenvalue weighted by Gasteiger charge is 2.45. The zero-order valence-corrected chi connectivity index (χ0v) is 31.3. The van der Waals surface area contributed by atoms with Crippen LogP contribution in [-0.2, 0) is 5.41 Å². The van der Waals surface area contributed by atoms with Crippen molar-refractivity contribution in [1.29, 1.82) is 0 Å². The Morgan fingerprint density at radius 3 is 1.40 bits per heavy atom. The molecule has 1 aliphatic carbocycles. The second kappa shape index (κ2) is 12.4. The fraction of sp³-hybridized carbons (Fsp3) is 0.0175. The van der Waals surface area contributed by atoms with E-state index in [1.54, 1.807) is 0 Å². The minimum Gasteiger partial charge on any atom is -0.0622 e. The summed E-state index contributed by atoms with van der Waals surface area (Å²) in [4.78, 5) is 0. The molecule has 0 spiro atoms. The zero-order valence-electron chi connectivity index (χ0n) is 31.3. The average Bonchev–Trinajstić information content (AvgIpc) is 3.59. The van der Waals surface area contributed by atoms with Gasteiger partial charge in [0.25, 0.3) is 0 Å². The fourth-order valence-electron chi connectivity index (χ4n) is 10.3. The number of hydrogen-bond acceptors (Lipinski definition) is 0. The second-order valence-corrected chi connectivity index (χ2v) is 15.6. The minimum absolute atomic E-state index is 0.477. The molecule has 0 saturated heterocycles. The molecule has 0 bridgehead atoms. The molecule has 0 heterocycles. The molecular weight excluding hydrogens is 685 g/mol. The SMILES string of the molecule is c1ccc(C2(c3ccccc3)c3cccc4ccc5cc(-c6c7ccccc7c(-c7cccc(-c8ccc9ccccc9c8)c7)c7ccccc67)cc2c5c34)cc1. The molecule has 0 aromatic heterocycles. The Kier molecular flexibility index (Phi) is 6.94. The molecule has 11 aromatic rings. The van der Waals surface area contributed by atoms with Gasteiger partial charge in [-0.2, -0.15) is 0 Å². The van der Waals surface area contributed by atoms with Crippen molar-refractivity contribution in [3.8, 4) is 33.4 Å². The summed E-state index contributed by atoms with van der Waals surface area (Å²) in [5.41, 5.74) is 12.3. The Bertz CT molecular complexity index is 3290. The molecule has 0 unspecified atom stereocenters. The molecule has 1 aliphatic rings. The van der Waals surface area contributed by atoms with Crippen molar-refractivity contribution < 1.29 is 0 Å². The molecule has 0 amide bonds. The molecule has 57 heavy (non-hydrogen) atoms. The van der Waals surface area contributed by atoms with Crippen LogP contribution in [-0.4, -0.2) is 0 Å². The predicted molar refractivity (Wildman–Crippen MR) is 242 cm³/mol. The van der Waals surface area contributed by atoms with Crippen LogP contribution in [0.15, 0.2) is 218 Å². The van der Waals surface area contributed by atoms with Crippen molar-refractivity contribution in [3.05, 3.63) is 241 Å². The van der Waals surface area contributed by atoms with Crippen molar-refractivity contribution in [3.63, 3.8) is 0 Å². The van der Waals surface area contributed by atoms with Gasteiger partial charge in [-0.25, -0.2) is 0 Å². The summed E-state index contributed by atoms with van der Waals surface area (Å²) in [6.07, 6.45) is 0. The lowest BCUT2D eigenvalue weighted by Crippen LogP contribution is -2.28. The van der Waals surface area contributed by atoms with Gasteiger partial charge in [0.1, 0.15) is 0 Å². The first-order chi connectivity index (χ1) is 28.3. The molecule has 12 rings (SSSR count). The molecule has 11 aromatic carbocycles. The van der Waals surface area contributed by atoms with Crippen LogP contribution in [0.4, 0.5) is 0 Å². The van der Waals surface area contributed by atoms with E-state index in [1.807, 2.05) is 0 Å². The maximum absolute atomic E-state index is 2.54. The summed E-state index contributed by atoms with van der Waals surface area (Å²) < 4.78 is 0. The molecule has 0 atom stereocenters. The van der Waals surface area contributed by atoms with Crippen molar-refractivity contribution in [2.75, 3.05) is 0 Å². The van der Waals surface area contributed by atoms with E-state index in [-0.39, 0.29) is 0 Å². The largest absolute Gasteiger partial charge is 0.0714 e. The first kappa shape index (κ1) is 32.0. The van der Waals surface area contributed by atoms with Gasteiger partial charge in [-0.15, -0.1) is 0 Å². The van der Waals surface area contributed by atoms with Crippen LogP contribution in [0.2, 0.25) is 0 Å². The summed E-state index contributed by atoms with van der Waals surface area (Å²) >= 11 is 0. The quantitative estimate of drug-likeness (QED) is 0.123. The van der Waals surface area contributed by atoms with Gasteiger partial charge in [-0.3, -0.25) is 0 Å². The Morgan fingerprint density at radius 2 is 0.719 bits per heavy atom. The van der Waals surface area contributed by atoms with Crippen LogP contribution in [0.3, 0.4) is 0 Å². The fourth-order valence-corrected chi connectivity index (χ4v) is 10.3. The summed E-state index contributed by atoms with van der Waals surface area (Å²) in [7, 11) is 0. The van der Waals surface area contributed by atoms with Crippen LogP contribution in [0.25, 0.3) is 87.2 Å². The highest BCUT2D eigenvalue weighted by atomic mass is 14.5. The van der Waals surface area contributed by atoms with Crippen LogP contribution in [0.5, 0.6) is 0 Å². The lowest BCUT2D eigenvalue weighted by atomic mass is 9.67. The predicted octanol–water partition coefficient (Wildman–Crippen LogP) is 15.1. The Morgan fingerprint density at radius 1 is 0.246 bits per heavy atom. The highest BCUT2D eigenvalue weighted by molar-refractivity contribution is 6.23. The Balaban J connectivity index is 1.15. The van der Waals surface area contributed by atoms with E-state index < -0.39 is 5.41 Å². The van der Waals surface area contributed by atoms with Gasteiger partial charge in [-0.05, 0) is 134 Å². The maximum Gasteiger partial charge on any atom is 0.0714 e. The first-order valence-corrected chi connectivity index (χ1v) is 19.9. The molecule has 264 valence electrons. The third-order valence-electron chi connectivity index (χ3n) is 12.6. The van der Waals surface area contributed by atoms with Gasteiger partial charge in [-0.1, -0.05) is 194 Å². The van der Waals surface area contributed by atoms with E-state index in [0.717, 1.165) is 0 Å². The van der Waals surface area contributed by atoms with Crippen LogP contribution >= 0.6 is 0 Å². The minimum atomic E-state index is -0.477. The van der Waals surface area contributed by atoms with Crippen molar-refractivity contribution in [1.82, 2.24) is 0 Å². The van der Waals surface area contributed by atoms with Gasteiger partial charge in [0.15, 0.2) is 0 Å². The summed E-state index contributed by atoms with van der Waals surface area (Å²) in [5, 5.41) is 12.8. The van der Waals surface area contributed by atoms with Gasteiger partial charge in [0.2, 0.25) is 0 Å². The number of fused-ring (bicyclic) bond motifs is 3. The van der Waals surface area contributed by atoms with Crippen LogP contribution in [0, 0.1) is 0 Å². The Labute approximate surface area is 331 Å². The van der Waals surface area contributed by atoms with Crippen LogP contribution in [0.1, 0.15) is 22.3 Å². The highest BCUT2D eigenvalue weighted by Crippen LogP contribution is 2.57. The van der Waals surface area contributed by atoms with E-state index in [9.17, 15) is 0 Å². The van der Waals surface area contributed by atoms with Gasteiger partial charge in [0, 0.05) is 0 Å².